The van der Waals surface area contributed by atoms with E-state index >= 15 is 0 Å². The number of ether oxygens (including phenoxy) is 1. The lowest BCUT2D eigenvalue weighted by atomic mass is 10.2. The molecule has 1 N–H and O–H groups in total. The summed E-state index contributed by atoms with van der Waals surface area (Å²) in [5.41, 5.74) is 1.61. The minimum absolute atomic E-state index is 0.115. The highest BCUT2D eigenvalue weighted by molar-refractivity contribution is 7.99. The SMILES string of the molecule is CCn1c(SCC(=O)OC)nnc1-c1ccc(NC(C)=O)cc1. The molecule has 2 aromatic rings. The maximum Gasteiger partial charge on any atom is 0.316 e. The Hall–Kier alpha value is -2.35. The van der Waals surface area contributed by atoms with Crippen LogP contribution >= 0.6 is 11.8 Å². The number of anilines is 1. The van der Waals surface area contributed by atoms with Gasteiger partial charge in [0.05, 0.1) is 12.9 Å². The average molecular weight is 334 g/mol. The molecule has 0 aliphatic heterocycles. The molecular weight excluding hydrogens is 316 g/mol. The van der Waals surface area contributed by atoms with Crippen LogP contribution in [0.15, 0.2) is 29.4 Å². The Morgan fingerprint density at radius 2 is 1.96 bits per heavy atom. The summed E-state index contributed by atoms with van der Waals surface area (Å²) in [5.74, 6) is 0.489. The summed E-state index contributed by atoms with van der Waals surface area (Å²) in [6, 6.07) is 7.37. The number of rotatable bonds is 6. The molecule has 2 rings (SSSR count). The number of carbonyl (C=O) groups excluding carboxylic acids is 2. The smallest absolute Gasteiger partial charge is 0.316 e. The van der Waals surface area contributed by atoms with Gasteiger partial charge in [0.1, 0.15) is 0 Å². The molecule has 1 aromatic heterocycles. The van der Waals surface area contributed by atoms with Crippen LogP contribution in [0, 0.1) is 0 Å². The molecule has 1 heterocycles. The van der Waals surface area contributed by atoms with Gasteiger partial charge in [-0.05, 0) is 31.2 Å². The predicted molar refractivity (Wildman–Crippen MR) is 88.2 cm³/mol. The zero-order valence-corrected chi connectivity index (χ0v) is 14.0. The summed E-state index contributed by atoms with van der Waals surface area (Å²) in [4.78, 5) is 22.3. The molecule has 0 fully saturated rings. The van der Waals surface area contributed by atoms with Crippen LogP contribution in [0.25, 0.3) is 11.4 Å². The number of hydrogen-bond donors (Lipinski definition) is 1. The standard InChI is InChI=1S/C15H18N4O3S/c1-4-19-14(17-18-15(19)23-9-13(21)22-3)11-5-7-12(8-6-11)16-10(2)20/h5-8H,4,9H2,1-3H3,(H,16,20). The molecule has 0 atom stereocenters. The number of methoxy groups -OCH3 is 1. The molecule has 0 aliphatic carbocycles. The van der Waals surface area contributed by atoms with Crippen LogP contribution in [0.4, 0.5) is 5.69 Å². The van der Waals surface area contributed by atoms with E-state index in [4.69, 9.17) is 0 Å². The van der Waals surface area contributed by atoms with Crippen molar-refractivity contribution in [2.24, 2.45) is 0 Å². The number of carbonyl (C=O) groups is 2. The van der Waals surface area contributed by atoms with Gasteiger partial charge >= 0.3 is 5.97 Å². The molecule has 0 saturated heterocycles. The fourth-order valence-electron chi connectivity index (χ4n) is 1.98. The van der Waals surface area contributed by atoms with Crippen molar-refractivity contribution >= 4 is 29.3 Å². The van der Waals surface area contributed by atoms with Crippen LogP contribution in [0.3, 0.4) is 0 Å². The van der Waals surface area contributed by atoms with Gasteiger partial charge in [0.2, 0.25) is 5.91 Å². The Labute approximate surface area is 138 Å². The molecule has 23 heavy (non-hydrogen) atoms. The first-order valence-corrected chi connectivity index (χ1v) is 8.04. The molecule has 0 saturated carbocycles. The third kappa shape index (κ3) is 4.32. The molecule has 0 aliphatic rings. The number of esters is 1. The number of hydrogen-bond acceptors (Lipinski definition) is 6. The second-order valence-electron chi connectivity index (χ2n) is 4.67. The maximum atomic E-state index is 11.3. The first-order chi connectivity index (χ1) is 11.0. The van der Waals surface area contributed by atoms with Gasteiger partial charge in [-0.1, -0.05) is 11.8 Å². The predicted octanol–water partition coefficient (Wildman–Crippen LogP) is 2.19. The van der Waals surface area contributed by atoms with E-state index in [1.807, 2.05) is 35.8 Å². The van der Waals surface area contributed by atoms with E-state index in [2.05, 4.69) is 20.3 Å². The Bertz CT molecular complexity index is 697. The monoisotopic (exact) mass is 334 g/mol. The fourth-order valence-corrected chi connectivity index (χ4v) is 2.82. The number of nitrogens with zero attached hydrogens (tertiary/aromatic N) is 3. The van der Waals surface area contributed by atoms with Gasteiger partial charge in [0.15, 0.2) is 11.0 Å². The van der Waals surface area contributed by atoms with E-state index in [-0.39, 0.29) is 17.6 Å². The second-order valence-corrected chi connectivity index (χ2v) is 5.62. The van der Waals surface area contributed by atoms with Crippen molar-refractivity contribution in [2.75, 3.05) is 18.2 Å². The summed E-state index contributed by atoms with van der Waals surface area (Å²) in [6.45, 7) is 4.13. The number of benzene rings is 1. The van der Waals surface area contributed by atoms with Gasteiger partial charge in [0.25, 0.3) is 0 Å². The first-order valence-electron chi connectivity index (χ1n) is 7.06. The minimum Gasteiger partial charge on any atom is -0.468 e. The van der Waals surface area contributed by atoms with E-state index in [1.165, 1.54) is 25.8 Å². The summed E-state index contributed by atoms with van der Waals surface area (Å²) in [7, 11) is 1.36. The van der Waals surface area contributed by atoms with Crippen LogP contribution in [0.5, 0.6) is 0 Å². The fraction of sp³-hybridized carbons (Fsp3) is 0.333. The average Bonchev–Trinajstić information content (AvgIpc) is 2.95. The normalized spacial score (nSPS) is 10.4. The van der Waals surface area contributed by atoms with Crippen LogP contribution in [0.1, 0.15) is 13.8 Å². The second kappa shape index (κ2) is 7.77. The van der Waals surface area contributed by atoms with Crippen molar-refractivity contribution in [1.29, 1.82) is 0 Å². The van der Waals surface area contributed by atoms with E-state index < -0.39 is 0 Å². The van der Waals surface area contributed by atoms with Crippen LogP contribution in [-0.4, -0.2) is 39.5 Å². The maximum absolute atomic E-state index is 11.3. The summed E-state index contributed by atoms with van der Waals surface area (Å²) < 4.78 is 6.56. The van der Waals surface area contributed by atoms with E-state index in [0.29, 0.717) is 17.5 Å². The van der Waals surface area contributed by atoms with Crippen molar-refractivity contribution in [1.82, 2.24) is 14.8 Å². The van der Waals surface area contributed by atoms with Gasteiger partial charge < -0.3 is 14.6 Å². The number of amides is 1. The Morgan fingerprint density at radius 3 is 2.52 bits per heavy atom. The van der Waals surface area contributed by atoms with Gasteiger partial charge in [-0.25, -0.2) is 0 Å². The Kier molecular flexibility index (Phi) is 5.75. The van der Waals surface area contributed by atoms with Gasteiger partial charge in [-0.15, -0.1) is 10.2 Å². The molecule has 0 radical (unpaired) electrons. The molecule has 7 nitrogen and oxygen atoms in total. The topological polar surface area (TPSA) is 86.1 Å². The van der Waals surface area contributed by atoms with Crippen molar-refractivity contribution < 1.29 is 14.3 Å². The van der Waals surface area contributed by atoms with Gasteiger partial charge in [-0.2, -0.15) is 0 Å². The van der Waals surface area contributed by atoms with Gasteiger partial charge in [-0.3, -0.25) is 9.59 Å². The lowest BCUT2D eigenvalue weighted by Gasteiger charge is -2.08. The number of aromatic nitrogens is 3. The highest BCUT2D eigenvalue weighted by atomic mass is 32.2. The minimum atomic E-state index is -0.304. The van der Waals surface area contributed by atoms with Crippen LogP contribution in [0.2, 0.25) is 0 Å². The molecule has 122 valence electrons. The van der Waals surface area contributed by atoms with Crippen molar-refractivity contribution in [3.8, 4) is 11.4 Å². The molecule has 0 bridgehead atoms. The van der Waals surface area contributed by atoms with Crippen LogP contribution in [-0.2, 0) is 20.9 Å². The van der Waals surface area contributed by atoms with Crippen molar-refractivity contribution in [2.45, 2.75) is 25.5 Å². The molecule has 1 aromatic carbocycles. The molecule has 8 heteroatoms. The van der Waals surface area contributed by atoms with E-state index in [0.717, 1.165) is 11.3 Å². The summed E-state index contributed by atoms with van der Waals surface area (Å²) in [6.07, 6.45) is 0. The van der Waals surface area contributed by atoms with Crippen molar-refractivity contribution in [3.05, 3.63) is 24.3 Å². The molecule has 0 unspecified atom stereocenters. The molecule has 1 amide bonds. The zero-order valence-electron chi connectivity index (χ0n) is 13.2. The van der Waals surface area contributed by atoms with Crippen LogP contribution < -0.4 is 5.32 Å². The Morgan fingerprint density at radius 1 is 1.26 bits per heavy atom. The van der Waals surface area contributed by atoms with Crippen molar-refractivity contribution in [3.63, 3.8) is 0 Å². The quantitative estimate of drug-likeness (QED) is 0.644. The third-order valence-corrected chi connectivity index (χ3v) is 3.98. The lowest BCUT2D eigenvalue weighted by molar-refractivity contribution is -0.137. The zero-order chi connectivity index (χ0) is 16.8. The summed E-state index contributed by atoms with van der Waals surface area (Å²) >= 11 is 1.29. The van der Waals surface area contributed by atoms with E-state index in [1.54, 1.807) is 0 Å². The molecule has 0 spiro atoms. The highest BCUT2D eigenvalue weighted by Gasteiger charge is 2.14. The lowest BCUT2D eigenvalue weighted by Crippen LogP contribution is -2.06. The number of thioether (sulfide) groups is 1. The first kappa shape index (κ1) is 17.0. The largest absolute Gasteiger partial charge is 0.468 e. The van der Waals surface area contributed by atoms with Gasteiger partial charge in [0, 0.05) is 24.7 Å². The van der Waals surface area contributed by atoms with E-state index in [9.17, 15) is 9.59 Å². The summed E-state index contributed by atoms with van der Waals surface area (Å²) in [5, 5.41) is 11.7. The molecular formula is C15H18N4O3S. The third-order valence-electron chi connectivity index (χ3n) is 3.04. The Balaban J connectivity index is 2.20. The number of nitrogens with one attached hydrogen (secondary N) is 1. The highest BCUT2D eigenvalue weighted by Crippen LogP contribution is 2.25.